The van der Waals surface area contributed by atoms with Crippen LogP contribution in [0.25, 0.3) is 10.9 Å². The Morgan fingerprint density at radius 2 is 2.10 bits per heavy atom. The van der Waals surface area contributed by atoms with Gasteiger partial charge in [0.15, 0.2) is 5.82 Å². The lowest BCUT2D eigenvalue weighted by Crippen LogP contribution is -2.23. The molecule has 0 aliphatic rings. The Hall–Kier alpha value is -2.14. The molecule has 0 N–H and O–H groups in total. The van der Waals surface area contributed by atoms with Crippen molar-refractivity contribution in [1.29, 1.82) is 0 Å². The van der Waals surface area contributed by atoms with Crippen LogP contribution in [0.5, 0.6) is 0 Å². The second-order valence-electron chi connectivity index (χ2n) is 5.26. The third-order valence-corrected chi connectivity index (χ3v) is 3.63. The van der Waals surface area contributed by atoms with Gasteiger partial charge in [0.2, 0.25) is 5.89 Å². The smallest absolute Gasteiger partial charge is 0.226 e. The third-order valence-electron chi connectivity index (χ3n) is 3.63. The van der Waals surface area contributed by atoms with Crippen molar-refractivity contribution in [2.75, 3.05) is 13.6 Å². The highest BCUT2D eigenvalue weighted by molar-refractivity contribution is 5.79. The van der Waals surface area contributed by atoms with E-state index >= 15 is 0 Å². The lowest BCUT2D eigenvalue weighted by molar-refractivity contribution is 0.296. The van der Waals surface area contributed by atoms with Crippen LogP contribution in [0, 0.1) is 0 Å². The average Bonchev–Trinajstić information content (AvgIpc) is 3.11. The van der Waals surface area contributed by atoms with Crippen molar-refractivity contribution < 1.29 is 4.52 Å². The number of hydrogen-bond acceptors (Lipinski definition) is 4. The van der Waals surface area contributed by atoms with Crippen LogP contribution < -0.4 is 0 Å². The minimum Gasteiger partial charge on any atom is -0.346 e. The van der Waals surface area contributed by atoms with Crippen LogP contribution in [0.2, 0.25) is 0 Å². The Bertz CT molecular complexity index is 716. The summed E-state index contributed by atoms with van der Waals surface area (Å²) in [5.74, 6) is 1.46. The zero-order valence-electron chi connectivity index (χ0n) is 12.5. The lowest BCUT2D eigenvalue weighted by atomic mass is 10.2. The number of rotatable bonds is 6. The summed E-state index contributed by atoms with van der Waals surface area (Å²) >= 11 is 0. The monoisotopic (exact) mass is 284 g/mol. The Morgan fingerprint density at radius 1 is 1.24 bits per heavy atom. The van der Waals surface area contributed by atoms with Crippen molar-refractivity contribution in [1.82, 2.24) is 19.6 Å². The standard InChI is InChI=1S/C16H20N4O/c1-3-16-17-15(18-21-16)12-19(2)10-11-20-9-8-13-6-4-5-7-14(13)20/h4-9H,3,10-12H2,1-2H3. The minimum absolute atomic E-state index is 0.704. The summed E-state index contributed by atoms with van der Waals surface area (Å²) in [6, 6.07) is 10.6. The highest BCUT2D eigenvalue weighted by Gasteiger charge is 2.08. The lowest BCUT2D eigenvalue weighted by Gasteiger charge is -2.15. The first-order chi connectivity index (χ1) is 10.3. The number of likely N-dealkylation sites (N-methyl/N-ethyl adjacent to an activating group) is 1. The number of aryl methyl sites for hydroxylation is 1. The zero-order chi connectivity index (χ0) is 14.7. The number of para-hydroxylation sites is 1. The van der Waals surface area contributed by atoms with E-state index < -0.39 is 0 Å². The molecule has 0 unspecified atom stereocenters. The molecule has 0 aliphatic carbocycles. The van der Waals surface area contributed by atoms with E-state index in [-0.39, 0.29) is 0 Å². The Labute approximate surface area is 124 Å². The maximum Gasteiger partial charge on any atom is 0.226 e. The molecule has 5 nitrogen and oxygen atoms in total. The van der Waals surface area contributed by atoms with Gasteiger partial charge in [-0.15, -0.1) is 0 Å². The van der Waals surface area contributed by atoms with Gasteiger partial charge in [-0.3, -0.25) is 4.90 Å². The Morgan fingerprint density at radius 3 is 2.90 bits per heavy atom. The number of aromatic nitrogens is 3. The van der Waals surface area contributed by atoms with Gasteiger partial charge in [-0.05, 0) is 24.6 Å². The summed E-state index contributed by atoms with van der Waals surface area (Å²) in [5.41, 5.74) is 1.28. The first kappa shape index (κ1) is 13.8. The van der Waals surface area contributed by atoms with Crippen molar-refractivity contribution in [3.8, 4) is 0 Å². The summed E-state index contributed by atoms with van der Waals surface area (Å²) in [7, 11) is 2.08. The molecular weight excluding hydrogens is 264 g/mol. The number of hydrogen-bond donors (Lipinski definition) is 0. The SMILES string of the molecule is CCc1nc(CN(C)CCn2ccc3ccccc32)no1. The van der Waals surface area contributed by atoms with Crippen molar-refractivity contribution in [2.24, 2.45) is 0 Å². The van der Waals surface area contributed by atoms with E-state index in [4.69, 9.17) is 4.52 Å². The highest BCUT2D eigenvalue weighted by Crippen LogP contribution is 2.14. The topological polar surface area (TPSA) is 47.1 Å². The first-order valence-corrected chi connectivity index (χ1v) is 7.30. The van der Waals surface area contributed by atoms with Gasteiger partial charge >= 0.3 is 0 Å². The van der Waals surface area contributed by atoms with Crippen molar-refractivity contribution in [2.45, 2.75) is 26.4 Å². The largest absolute Gasteiger partial charge is 0.346 e. The fourth-order valence-corrected chi connectivity index (χ4v) is 2.43. The molecule has 3 rings (SSSR count). The van der Waals surface area contributed by atoms with E-state index in [1.807, 2.05) is 6.92 Å². The Kier molecular flexibility index (Phi) is 4.01. The van der Waals surface area contributed by atoms with Crippen LogP contribution in [0.1, 0.15) is 18.6 Å². The predicted octanol–water partition coefficient (Wildman–Crippen LogP) is 2.72. The normalized spacial score (nSPS) is 11.6. The molecule has 0 atom stereocenters. The van der Waals surface area contributed by atoms with Gasteiger partial charge in [0.1, 0.15) is 0 Å². The van der Waals surface area contributed by atoms with Gasteiger partial charge in [-0.25, -0.2) is 0 Å². The Balaban J connectivity index is 1.59. The molecule has 0 fully saturated rings. The minimum atomic E-state index is 0.704. The second-order valence-corrected chi connectivity index (χ2v) is 5.26. The average molecular weight is 284 g/mol. The van der Waals surface area contributed by atoms with Crippen molar-refractivity contribution >= 4 is 10.9 Å². The molecule has 0 amide bonds. The number of benzene rings is 1. The molecule has 2 aromatic heterocycles. The fraction of sp³-hybridized carbons (Fsp3) is 0.375. The molecule has 0 radical (unpaired) electrons. The molecule has 0 bridgehead atoms. The van der Waals surface area contributed by atoms with E-state index in [2.05, 4.69) is 63.2 Å². The summed E-state index contributed by atoms with van der Waals surface area (Å²) < 4.78 is 7.41. The molecule has 1 aromatic carbocycles. The van der Waals surface area contributed by atoms with E-state index in [1.165, 1.54) is 10.9 Å². The molecule has 0 saturated carbocycles. The molecule has 0 spiro atoms. The van der Waals surface area contributed by atoms with E-state index in [0.717, 1.165) is 25.3 Å². The van der Waals surface area contributed by atoms with Gasteiger partial charge in [-0.1, -0.05) is 30.3 Å². The van der Waals surface area contributed by atoms with E-state index in [0.29, 0.717) is 12.4 Å². The zero-order valence-corrected chi connectivity index (χ0v) is 12.5. The van der Waals surface area contributed by atoms with Gasteiger partial charge in [0.25, 0.3) is 0 Å². The molecule has 0 aliphatic heterocycles. The predicted molar refractivity (Wildman–Crippen MR) is 81.9 cm³/mol. The summed E-state index contributed by atoms with van der Waals surface area (Å²) in [5, 5.41) is 5.27. The van der Waals surface area contributed by atoms with Crippen molar-refractivity contribution in [3.63, 3.8) is 0 Å². The van der Waals surface area contributed by atoms with Crippen LogP contribution in [-0.4, -0.2) is 33.2 Å². The quantitative estimate of drug-likeness (QED) is 0.698. The fourth-order valence-electron chi connectivity index (χ4n) is 2.43. The van der Waals surface area contributed by atoms with Gasteiger partial charge < -0.3 is 9.09 Å². The van der Waals surface area contributed by atoms with Crippen molar-refractivity contribution in [3.05, 3.63) is 48.2 Å². The number of nitrogens with zero attached hydrogens (tertiary/aromatic N) is 4. The summed E-state index contributed by atoms with van der Waals surface area (Å²) in [6.45, 7) is 4.61. The van der Waals surface area contributed by atoms with Gasteiger partial charge in [-0.2, -0.15) is 4.98 Å². The van der Waals surface area contributed by atoms with Crippen LogP contribution in [0.15, 0.2) is 41.1 Å². The third kappa shape index (κ3) is 3.13. The molecule has 0 saturated heterocycles. The van der Waals surface area contributed by atoms with Crippen LogP contribution in [-0.2, 0) is 19.5 Å². The van der Waals surface area contributed by atoms with Gasteiger partial charge in [0.05, 0.1) is 6.54 Å². The van der Waals surface area contributed by atoms with E-state index in [9.17, 15) is 0 Å². The number of fused-ring (bicyclic) bond motifs is 1. The molecule has 5 heteroatoms. The van der Waals surface area contributed by atoms with Crippen LogP contribution in [0.3, 0.4) is 0 Å². The van der Waals surface area contributed by atoms with Gasteiger partial charge in [0, 0.05) is 31.2 Å². The maximum absolute atomic E-state index is 5.13. The molecular formula is C16H20N4O. The maximum atomic E-state index is 5.13. The van der Waals surface area contributed by atoms with E-state index in [1.54, 1.807) is 0 Å². The molecule has 110 valence electrons. The first-order valence-electron chi connectivity index (χ1n) is 7.30. The highest BCUT2D eigenvalue weighted by atomic mass is 16.5. The second kappa shape index (κ2) is 6.10. The summed E-state index contributed by atoms with van der Waals surface area (Å²) in [6.07, 6.45) is 2.92. The summed E-state index contributed by atoms with van der Waals surface area (Å²) in [4.78, 5) is 6.54. The molecule has 2 heterocycles. The van der Waals surface area contributed by atoms with Crippen LogP contribution >= 0.6 is 0 Å². The molecule has 21 heavy (non-hydrogen) atoms. The van der Waals surface area contributed by atoms with Crippen LogP contribution in [0.4, 0.5) is 0 Å². The molecule has 3 aromatic rings.